The molecule has 100 valence electrons. The highest BCUT2D eigenvalue weighted by Gasteiger charge is 2.25. The van der Waals surface area contributed by atoms with E-state index in [2.05, 4.69) is 25.8 Å². The minimum Gasteiger partial charge on any atom is -0.480 e. The molecule has 0 saturated heterocycles. The summed E-state index contributed by atoms with van der Waals surface area (Å²) >= 11 is 0. The van der Waals surface area contributed by atoms with Gasteiger partial charge in [0.1, 0.15) is 18.2 Å². The van der Waals surface area contributed by atoms with Crippen LogP contribution in [0.3, 0.4) is 0 Å². The van der Waals surface area contributed by atoms with Gasteiger partial charge in [0, 0.05) is 0 Å². The van der Waals surface area contributed by atoms with E-state index in [0.29, 0.717) is 12.2 Å². The first-order valence-corrected chi connectivity index (χ1v) is 5.66. The van der Waals surface area contributed by atoms with Gasteiger partial charge in [0.05, 0.1) is 6.54 Å². The number of urea groups is 1. The highest BCUT2D eigenvalue weighted by Crippen LogP contribution is 2.07. The Balaban J connectivity index is 2.44. The molecule has 4 N–H and O–H groups in total. The molecule has 1 aromatic heterocycles. The Kier molecular flexibility index (Phi) is 5.09. The largest absolute Gasteiger partial charge is 0.480 e. The smallest absolute Gasteiger partial charge is 0.326 e. The lowest BCUT2D eigenvalue weighted by molar-refractivity contribution is -0.140. The molecule has 8 nitrogen and oxygen atoms in total. The monoisotopic (exact) mass is 255 g/mol. The number of aromatic nitrogens is 3. The van der Waals surface area contributed by atoms with E-state index in [1.54, 1.807) is 6.92 Å². The fourth-order valence-corrected chi connectivity index (χ4v) is 1.36. The first-order chi connectivity index (χ1) is 8.54. The highest BCUT2D eigenvalue weighted by molar-refractivity contribution is 5.82. The number of nitrogens with zero attached hydrogens (tertiary/aromatic N) is 2. The number of hydrogen-bond acceptors (Lipinski definition) is 4. The molecule has 2 amide bonds. The van der Waals surface area contributed by atoms with Gasteiger partial charge in [0.2, 0.25) is 0 Å². The number of aromatic amines is 1. The number of aliphatic carboxylic acids is 1. The molecule has 1 unspecified atom stereocenters. The van der Waals surface area contributed by atoms with E-state index in [1.165, 1.54) is 6.33 Å². The Morgan fingerprint density at radius 2 is 2.28 bits per heavy atom. The van der Waals surface area contributed by atoms with E-state index in [0.717, 1.165) is 0 Å². The molecule has 8 heteroatoms. The van der Waals surface area contributed by atoms with Crippen LogP contribution in [0, 0.1) is 5.92 Å². The average molecular weight is 255 g/mol. The molecule has 0 aliphatic carbocycles. The molecule has 0 aliphatic heterocycles. The van der Waals surface area contributed by atoms with Crippen LogP contribution >= 0.6 is 0 Å². The molecule has 0 radical (unpaired) electrons. The third kappa shape index (κ3) is 4.04. The van der Waals surface area contributed by atoms with Gasteiger partial charge in [-0.05, 0) is 5.92 Å². The van der Waals surface area contributed by atoms with Crippen LogP contribution in [0.25, 0.3) is 0 Å². The number of hydrogen-bond donors (Lipinski definition) is 4. The standard InChI is InChI=1S/C10H17N5O3/c1-3-6(2)8(9(16)17)14-10(18)11-4-7-12-5-13-15-7/h5-6,8H,3-4H2,1-2H3,(H,16,17)(H2,11,14,18)(H,12,13,15)/t6?,8-/m0/s1. The third-order valence-corrected chi connectivity index (χ3v) is 2.65. The van der Waals surface area contributed by atoms with Crippen LogP contribution in [0.4, 0.5) is 4.79 Å². The van der Waals surface area contributed by atoms with E-state index >= 15 is 0 Å². The van der Waals surface area contributed by atoms with Gasteiger partial charge in [-0.3, -0.25) is 5.10 Å². The fourth-order valence-electron chi connectivity index (χ4n) is 1.36. The van der Waals surface area contributed by atoms with Crippen LogP contribution in [0.1, 0.15) is 26.1 Å². The summed E-state index contributed by atoms with van der Waals surface area (Å²) in [6, 6.07) is -1.44. The van der Waals surface area contributed by atoms with Crippen LogP contribution in [-0.2, 0) is 11.3 Å². The summed E-state index contributed by atoms with van der Waals surface area (Å²) in [6.07, 6.45) is 1.99. The van der Waals surface area contributed by atoms with Crippen LogP contribution in [0.2, 0.25) is 0 Å². The fraction of sp³-hybridized carbons (Fsp3) is 0.600. The average Bonchev–Trinajstić information content (AvgIpc) is 2.85. The normalized spacial score (nSPS) is 13.7. The third-order valence-electron chi connectivity index (χ3n) is 2.65. The Morgan fingerprint density at radius 1 is 1.56 bits per heavy atom. The second-order valence-electron chi connectivity index (χ2n) is 3.96. The van der Waals surface area contributed by atoms with Crippen molar-refractivity contribution >= 4 is 12.0 Å². The van der Waals surface area contributed by atoms with Crippen molar-refractivity contribution in [2.24, 2.45) is 5.92 Å². The van der Waals surface area contributed by atoms with Gasteiger partial charge < -0.3 is 15.7 Å². The second kappa shape index (κ2) is 6.58. The number of rotatable bonds is 6. The Bertz CT molecular complexity index is 392. The topological polar surface area (TPSA) is 120 Å². The van der Waals surface area contributed by atoms with Gasteiger partial charge >= 0.3 is 12.0 Å². The summed E-state index contributed by atoms with van der Waals surface area (Å²) in [5.74, 6) is -0.682. The number of amides is 2. The predicted molar refractivity (Wildman–Crippen MR) is 62.6 cm³/mol. The molecule has 1 aromatic rings. The molecule has 2 atom stereocenters. The lowest BCUT2D eigenvalue weighted by Crippen LogP contribution is -2.48. The highest BCUT2D eigenvalue weighted by atomic mass is 16.4. The number of nitrogens with one attached hydrogen (secondary N) is 3. The Morgan fingerprint density at radius 3 is 2.78 bits per heavy atom. The van der Waals surface area contributed by atoms with Gasteiger partial charge in [-0.15, -0.1) is 0 Å². The molecular formula is C10H17N5O3. The number of carbonyl (C=O) groups is 2. The molecule has 0 bridgehead atoms. The van der Waals surface area contributed by atoms with Crippen LogP contribution in [0.15, 0.2) is 6.33 Å². The zero-order valence-electron chi connectivity index (χ0n) is 10.3. The first-order valence-electron chi connectivity index (χ1n) is 5.66. The number of carboxylic acid groups (broad SMARTS) is 1. The number of carboxylic acids is 1. The minimum atomic E-state index is -1.04. The molecule has 0 aromatic carbocycles. The molecule has 0 saturated carbocycles. The van der Waals surface area contributed by atoms with E-state index in [9.17, 15) is 9.59 Å². The minimum absolute atomic E-state index is 0.140. The van der Waals surface area contributed by atoms with Crippen molar-refractivity contribution in [1.29, 1.82) is 0 Å². The number of H-pyrrole nitrogens is 1. The van der Waals surface area contributed by atoms with E-state index in [1.807, 2.05) is 6.92 Å². The van der Waals surface area contributed by atoms with Gasteiger partial charge in [-0.25, -0.2) is 14.6 Å². The number of carbonyl (C=O) groups excluding carboxylic acids is 1. The lowest BCUT2D eigenvalue weighted by atomic mass is 9.99. The van der Waals surface area contributed by atoms with Crippen molar-refractivity contribution in [2.75, 3.05) is 0 Å². The summed E-state index contributed by atoms with van der Waals surface area (Å²) in [7, 11) is 0. The molecule has 0 spiro atoms. The zero-order chi connectivity index (χ0) is 13.5. The molecule has 1 rings (SSSR count). The summed E-state index contributed by atoms with van der Waals surface area (Å²) in [5.41, 5.74) is 0. The van der Waals surface area contributed by atoms with E-state index < -0.39 is 18.0 Å². The van der Waals surface area contributed by atoms with Crippen molar-refractivity contribution in [2.45, 2.75) is 32.9 Å². The molecular weight excluding hydrogens is 238 g/mol. The van der Waals surface area contributed by atoms with Gasteiger partial charge in [0.25, 0.3) is 0 Å². The van der Waals surface area contributed by atoms with Crippen molar-refractivity contribution in [3.05, 3.63) is 12.2 Å². The van der Waals surface area contributed by atoms with Crippen molar-refractivity contribution in [3.8, 4) is 0 Å². The van der Waals surface area contributed by atoms with Gasteiger partial charge in [-0.1, -0.05) is 20.3 Å². The molecule has 18 heavy (non-hydrogen) atoms. The van der Waals surface area contributed by atoms with Crippen LogP contribution < -0.4 is 10.6 Å². The zero-order valence-corrected chi connectivity index (χ0v) is 10.3. The second-order valence-corrected chi connectivity index (χ2v) is 3.96. The van der Waals surface area contributed by atoms with Crippen molar-refractivity contribution < 1.29 is 14.7 Å². The van der Waals surface area contributed by atoms with Crippen molar-refractivity contribution in [3.63, 3.8) is 0 Å². The molecule has 0 fully saturated rings. The van der Waals surface area contributed by atoms with E-state index in [-0.39, 0.29) is 12.5 Å². The quantitative estimate of drug-likeness (QED) is 0.574. The SMILES string of the molecule is CCC(C)[C@H](NC(=O)NCc1ncn[nH]1)C(=O)O. The summed E-state index contributed by atoms with van der Waals surface area (Å²) < 4.78 is 0. The summed E-state index contributed by atoms with van der Waals surface area (Å²) in [6.45, 7) is 3.81. The summed E-state index contributed by atoms with van der Waals surface area (Å²) in [4.78, 5) is 26.4. The van der Waals surface area contributed by atoms with Crippen molar-refractivity contribution in [1.82, 2.24) is 25.8 Å². The first kappa shape index (κ1) is 13.9. The lowest BCUT2D eigenvalue weighted by Gasteiger charge is -2.20. The van der Waals surface area contributed by atoms with Gasteiger partial charge in [-0.2, -0.15) is 5.10 Å². The Labute approximate surface area is 104 Å². The maximum atomic E-state index is 11.5. The van der Waals surface area contributed by atoms with Crippen LogP contribution in [0.5, 0.6) is 0 Å². The predicted octanol–water partition coefficient (Wildman–Crippen LogP) is 0.103. The van der Waals surface area contributed by atoms with E-state index in [4.69, 9.17) is 5.11 Å². The molecule has 0 aliphatic rings. The maximum absolute atomic E-state index is 11.5. The summed E-state index contributed by atoms with van der Waals surface area (Å²) in [5, 5.41) is 20.1. The Hall–Kier alpha value is -2.12. The van der Waals surface area contributed by atoms with Crippen LogP contribution in [-0.4, -0.2) is 38.3 Å². The molecule has 1 heterocycles. The maximum Gasteiger partial charge on any atom is 0.326 e. The van der Waals surface area contributed by atoms with Gasteiger partial charge in [0.15, 0.2) is 0 Å².